The topological polar surface area (TPSA) is 81.7 Å². The average Bonchev–Trinajstić information content (AvgIpc) is 2.84. The van der Waals surface area contributed by atoms with E-state index in [1.807, 2.05) is 12.1 Å². The van der Waals surface area contributed by atoms with Gasteiger partial charge in [0, 0.05) is 15.9 Å². The van der Waals surface area contributed by atoms with Crippen molar-refractivity contribution in [3.05, 3.63) is 44.3 Å². The van der Waals surface area contributed by atoms with Crippen molar-refractivity contribution < 1.29 is 23.9 Å². The standard InChI is InChI=1S/C29H39Br2NO5/c1-5-8-9-10-11-12-14-21-19-25(31)22(23-15-13-16-24(30)26(21)23)17-18-29(32-20(4)33,27(34)36-6-2)28(35)37-7-3/h13,15-16,19H,5-12,14,17-18H2,1-4H3,(H,32,33). The van der Waals surface area contributed by atoms with Crippen molar-refractivity contribution in [1.82, 2.24) is 5.32 Å². The quantitative estimate of drug-likeness (QED) is 0.126. The lowest BCUT2D eigenvalue weighted by Crippen LogP contribution is -2.61. The molecule has 0 aliphatic rings. The highest BCUT2D eigenvalue weighted by molar-refractivity contribution is 9.11. The van der Waals surface area contributed by atoms with E-state index in [0.29, 0.717) is 6.42 Å². The molecule has 6 nitrogen and oxygen atoms in total. The number of aryl methyl sites for hydroxylation is 2. The van der Waals surface area contributed by atoms with Gasteiger partial charge < -0.3 is 14.8 Å². The molecule has 1 amide bonds. The second-order valence-electron chi connectivity index (χ2n) is 9.20. The summed E-state index contributed by atoms with van der Waals surface area (Å²) in [6.45, 7) is 6.96. The van der Waals surface area contributed by atoms with Gasteiger partial charge in [0.25, 0.3) is 0 Å². The number of carbonyl (C=O) groups excluding carboxylic acids is 3. The second kappa shape index (κ2) is 15.5. The Kier molecular flexibility index (Phi) is 13.1. The first-order valence-corrected chi connectivity index (χ1v) is 14.8. The van der Waals surface area contributed by atoms with Gasteiger partial charge in [-0.05, 0) is 73.6 Å². The zero-order valence-electron chi connectivity index (χ0n) is 22.4. The molecule has 0 aromatic heterocycles. The summed E-state index contributed by atoms with van der Waals surface area (Å²) >= 11 is 7.50. The highest BCUT2D eigenvalue weighted by Gasteiger charge is 2.49. The van der Waals surface area contributed by atoms with Gasteiger partial charge >= 0.3 is 11.9 Å². The third-order valence-electron chi connectivity index (χ3n) is 6.44. The molecule has 2 aromatic rings. The van der Waals surface area contributed by atoms with Gasteiger partial charge in [-0.15, -0.1) is 0 Å². The summed E-state index contributed by atoms with van der Waals surface area (Å²) in [4.78, 5) is 38.2. The molecule has 0 bridgehead atoms. The number of amides is 1. The van der Waals surface area contributed by atoms with E-state index in [2.05, 4.69) is 56.2 Å². The summed E-state index contributed by atoms with van der Waals surface area (Å²) in [5, 5.41) is 4.73. The van der Waals surface area contributed by atoms with Gasteiger partial charge in [0.05, 0.1) is 13.2 Å². The fourth-order valence-electron chi connectivity index (χ4n) is 4.66. The van der Waals surface area contributed by atoms with Gasteiger partial charge in [-0.25, -0.2) is 9.59 Å². The molecule has 0 aliphatic heterocycles. The molecule has 37 heavy (non-hydrogen) atoms. The van der Waals surface area contributed by atoms with Crippen molar-refractivity contribution in [2.75, 3.05) is 13.2 Å². The van der Waals surface area contributed by atoms with E-state index in [1.54, 1.807) is 13.8 Å². The minimum absolute atomic E-state index is 0.00123. The van der Waals surface area contributed by atoms with E-state index >= 15 is 0 Å². The first-order valence-electron chi connectivity index (χ1n) is 13.2. The summed E-state index contributed by atoms with van der Waals surface area (Å²) in [7, 11) is 0. The SMILES string of the molecule is CCCCCCCCc1cc(Br)c(CCC(NC(C)=O)(C(=O)OCC)C(=O)OCC)c2cccc(Br)c12. The first kappa shape index (κ1) is 31.3. The van der Waals surface area contributed by atoms with Crippen LogP contribution >= 0.6 is 31.9 Å². The number of halogens is 2. The molecule has 0 unspecified atom stereocenters. The Hall–Kier alpha value is -1.93. The smallest absolute Gasteiger partial charge is 0.343 e. The van der Waals surface area contributed by atoms with Crippen LogP contribution in [-0.4, -0.2) is 36.6 Å². The lowest BCUT2D eigenvalue weighted by atomic mass is 9.88. The van der Waals surface area contributed by atoms with Crippen LogP contribution in [0.25, 0.3) is 10.8 Å². The normalized spacial score (nSPS) is 11.4. The molecule has 2 rings (SSSR count). The third-order valence-corrected chi connectivity index (χ3v) is 7.80. The molecular weight excluding hydrogens is 602 g/mol. The van der Waals surface area contributed by atoms with Gasteiger partial charge in [-0.1, -0.05) is 83.0 Å². The zero-order valence-corrected chi connectivity index (χ0v) is 25.6. The second-order valence-corrected chi connectivity index (χ2v) is 10.9. The van der Waals surface area contributed by atoms with Crippen molar-refractivity contribution in [2.45, 2.75) is 91.0 Å². The predicted octanol–water partition coefficient (Wildman–Crippen LogP) is 7.20. The van der Waals surface area contributed by atoms with Crippen LogP contribution in [0.15, 0.2) is 33.2 Å². The molecule has 0 aliphatic carbocycles. The largest absolute Gasteiger partial charge is 0.464 e. The average molecular weight is 641 g/mol. The maximum Gasteiger partial charge on any atom is 0.343 e. The van der Waals surface area contributed by atoms with Gasteiger partial charge in [-0.2, -0.15) is 0 Å². The summed E-state index contributed by atoms with van der Waals surface area (Å²) in [6, 6.07) is 8.21. The Labute approximate surface area is 237 Å². The molecule has 1 N–H and O–H groups in total. The van der Waals surface area contributed by atoms with Crippen LogP contribution in [-0.2, 0) is 36.7 Å². The Morgan fingerprint density at radius 3 is 2.08 bits per heavy atom. The van der Waals surface area contributed by atoms with Crippen molar-refractivity contribution in [3.63, 3.8) is 0 Å². The molecule has 8 heteroatoms. The molecule has 0 saturated heterocycles. The van der Waals surface area contributed by atoms with Crippen LogP contribution < -0.4 is 5.32 Å². The van der Waals surface area contributed by atoms with E-state index in [4.69, 9.17) is 9.47 Å². The summed E-state index contributed by atoms with van der Waals surface area (Å²) in [5.41, 5.74) is 0.274. The number of hydrogen-bond donors (Lipinski definition) is 1. The predicted molar refractivity (Wildman–Crippen MR) is 155 cm³/mol. The molecule has 0 saturated carbocycles. The van der Waals surface area contributed by atoms with Gasteiger partial charge in [0.2, 0.25) is 11.4 Å². The minimum atomic E-state index is -1.92. The number of fused-ring (bicyclic) bond motifs is 1. The van der Waals surface area contributed by atoms with Crippen molar-refractivity contribution in [1.29, 1.82) is 0 Å². The molecular formula is C29H39Br2NO5. The third kappa shape index (κ3) is 8.28. The van der Waals surface area contributed by atoms with Crippen molar-refractivity contribution >= 4 is 60.5 Å². The Morgan fingerprint density at radius 1 is 0.865 bits per heavy atom. The van der Waals surface area contributed by atoms with Crippen LogP contribution in [0.5, 0.6) is 0 Å². The van der Waals surface area contributed by atoms with Gasteiger partial charge in [0.1, 0.15) is 0 Å². The Balaban J connectivity index is 2.44. The molecule has 0 atom stereocenters. The lowest BCUT2D eigenvalue weighted by molar-refractivity contribution is -0.168. The monoisotopic (exact) mass is 639 g/mol. The van der Waals surface area contributed by atoms with Crippen molar-refractivity contribution in [2.24, 2.45) is 0 Å². The lowest BCUT2D eigenvalue weighted by Gasteiger charge is -2.30. The van der Waals surface area contributed by atoms with Crippen LogP contribution in [0.1, 0.15) is 83.8 Å². The number of unbranched alkanes of at least 4 members (excludes halogenated alkanes) is 5. The highest BCUT2D eigenvalue weighted by atomic mass is 79.9. The summed E-state index contributed by atoms with van der Waals surface area (Å²) in [5.74, 6) is -2.14. The maximum absolute atomic E-state index is 13.1. The Morgan fingerprint density at radius 2 is 1.49 bits per heavy atom. The molecule has 0 radical (unpaired) electrons. The Bertz CT molecular complexity index is 1070. The number of esters is 2. The summed E-state index contributed by atoms with van der Waals surface area (Å²) in [6.07, 6.45) is 8.66. The van der Waals surface area contributed by atoms with Gasteiger partial charge in [-0.3, -0.25) is 4.79 Å². The molecule has 204 valence electrons. The molecule has 0 fully saturated rings. The number of benzene rings is 2. The summed E-state index contributed by atoms with van der Waals surface area (Å²) < 4.78 is 12.4. The van der Waals surface area contributed by atoms with Crippen LogP contribution in [0.4, 0.5) is 0 Å². The highest BCUT2D eigenvalue weighted by Crippen LogP contribution is 2.37. The zero-order chi connectivity index (χ0) is 27.4. The molecule has 0 heterocycles. The van der Waals surface area contributed by atoms with Crippen LogP contribution in [0, 0.1) is 0 Å². The first-order chi connectivity index (χ1) is 17.7. The molecule has 0 spiro atoms. The fraction of sp³-hybridized carbons (Fsp3) is 0.552. The van der Waals surface area contributed by atoms with Crippen LogP contribution in [0.3, 0.4) is 0 Å². The molecule has 2 aromatic carbocycles. The van der Waals surface area contributed by atoms with E-state index in [-0.39, 0.29) is 19.6 Å². The maximum atomic E-state index is 13.1. The van der Waals surface area contributed by atoms with Crippen molar-refractivity contribution in [3.8, 4) is 0 Å². The number of nitrogens with one attached hydrogen (secondary N) is 1. The van der Waals surface area contributed by atoms with E-state index < -0.39 is 23.4 Å². The van der Waals surface area contributed by atoms with Crippen LogP contribution in [0.2, 0.25) is 0 Å². The number of ether oxygens (including phenoxy) is 2. The van der Waals surface area contributed by atoms with E-state index in [0.717, 1.165) is 38.1 Å². The van der Waals surface area contributed by atoms with E-state index in [1.165, 1.54) is 44.6 Å². The number of hydrogen-bond acceptors (Lipinski definition) is 5. The number of rotatable bonds is 15. The fourth-order valence-corrected chi connectivity index (χ4v) is 5.97. The van der Waals surface area contributed by atoms with Gasteiger partial charge in [0.15, 0.2) is 0 Å². The minimum Gasteiger partial charge on any atom is -0.464 e. The van der Waals surface area contributed by atoms with E-state index in [9.17, 15) is 14.4 Å². The number of carbonyl (C=O) groups is 3.